The lowest BCUT2D eigenvalue weighted by Crippen LogP contribution is -2.37. The van der Waals surface area contributed by atoms with E-state index in [-0.39, 0.29) is 5.95 Å². The van der Waals surface area contributed by atoms with Gasteiger partial charge in [-0.3, -0.25) is 0 Å². The molecule has 156 valence electrons. The van der Waals surface area contributed by atoms with Crippen LogP contribution in [-0.2, 0) is 11.2 Å². The topological polar surface area (TPSA) is 93.3 Å². The fourth-order valence-electron chi connectivity index (χ4n) is 4.13. The molecule has 8 heteroatoms. The maximum atomic E-state index is 5.70. The van der Waals surface area contributed by atoms with E-state index in [1.54, 1.807) is 12.4 Å². The van der Waals surface area contributed by atoms with Gasteiger partial charge in [0.25, 0.3) is 0 Å². The molecule has 1 saturated heterocycles. The van der Waals surface area contributed by atoms with Crippen LogP contribution in [0.4, 0.5) is 23.4 Å². The van der Waals surface area contributed by atoms with Crippen LogP contribution in [0.2, 0.25) is 0 Å². The minimum absolute atomic E-state index is 0.244. The number of aryl methyl sites for hydroxylation is 1. The number of anilines is 4. The van der Waals surface area contributed by atoms with Crippen LogP contribution in [0.5, 0.6) is 0 Å². The Hall–Kier alpha value is -3.70. The fraction of sp³-hybridized carbons (Fsp3) is 0.304. The molecule has 3 aromatic rings. The summed E-state index contributed by atoms with van der Waals surface area (Å²) in [5.41, 5.74) is 11.6. The molecule has 1 aromatic carbocycles. The van der Waals surface area contributed by atoms with Crippen LogP contribution >= 0.6 is 0 Å². The van der Waals surface area contributed by atoms with E-state index in [0.29, 0.717) is 19.2 Å². The zero-order valence-electron chi connectivity index (χ0n) is 17.4. The van der Waals surface area contributed by atoms with Gasteiger partial charge in [0, 0.05) is 54.4 Å². The first kappa shape index (κ1) is 19.3. The zero-order chi connectivity index (χ0) is 21.4. The number of hydrogen-bond donors (Lipinski definition) is 1. The maximum absolute atomic E-state index is 5.70. The molecule has 0 unspecified atom stereocenters. The predicted octanol–water partition coefficient (Wildman–Crippen LogP) is 2.34. The number of nitrogens with zero attached hydrogens (tertiary/aromatic N) is 6. The highest BCUT2D eigenvalue weighted by molar-refractivity contribution is 5.78. The highest BCUT2D eigenvalue weighted by Crippen LogP contribution is 2.40. The Kier molecular flexibility index (Phi) is 4.88. The molecule has 4 heterocycles. The Labute approximate surface area is 181 Å². The van der Waals surface area contributed by atoms with Crippen LogP contribution in [-0.4, -0.2) is 52.8 Å². The van der Waals surface area contributed by atoms with E-state index in [9.17, 15) is 0 Å². The average Bonchev–Trinajstić information content (AvgIpc) is 3.23. The van der Waals surface area contributed by atoms with Gasteiger partial charge in [-0.15, -0.1) is 6.42 Å². The molecular weight excluding hydrogens is 390 g/mol. The van der Waals surface area contributed by atoms with Gasteiger partial charge in [-0.05, 0) is 37.1 Å². The Morgan fingerprint density at radius 3 is 2.58 bits per heavy atom. The van der Waals surface area contributed by atoms with Crippen molar-refractivity contribution < 1.29 is 4.74 Å². The summed E-state index contributed by atoms with van der Waals surface area (Å²) >= 11 is 0. The Morgan fingerprint density at radius 2 is 1.87 bits per heavy atom. The molecule has 31 heavy (non-hydrogen) atoms. The van der Waals surface area contributed by atoms with Crippen LogP contribution in [0.1, 0.15) is 16.7 Å². The quantitative estimate of drug-likeness (QED) is 0.654. The third-order valence-electron chi connectivity index (χ3n) is 5.71. The minimum atomic E-state index is 0.244. The van der Waals surface area contributed by atoms with E-state index in [1.165, 1.54) is 0 Å². The summed E-state index contributed by atoms with van der Waals surface area (Å²) in [6, 6.07) is 6.08. The summed E-state index contributed by atoms with van der Waals surface area (Å²) in [5.74, 6) is 4.56. The van der Waals surface area contributed by atoms with Gasteiger partial charge in [-0.25, -0.2) is 15.0 Å². The molecule has 0 bridgehead atoms. The first-order valence-electron chi connectivity index (χ1n) is 10.3. The monoisotopic (exact) mass is 413 g/mol. The largest absolute Gasteiger partial charge is 0.378 e. The number of nitrogens with two attached hydrogens (primary N) is 1. The van der Waals surface area contributed by atoms with Crippen LogP contribution in [0, 0.1) is 19.3 Å². The number of terminal acetylenes is 1. The zero-order valence-corrected chi connectivity index (χ0v) is 17.4. The van der Waals surface area contributed by atoms with Gasteiger partial charge >= 0.3 is 0 Å². The molecular formula is C23H23N7O. The van der Waals surface area contributed by atoms with Gasteiger partial charge in [0.2, 0.25) is 11.9 Å². The number of aromatic nitrogens is 4. The number of nitrogen functional groups attached to an aromatic ring is 1. The standard InChI is InChI=1S/C23H23N7O/c1-3-16-4-5-19(15(2)12-16)30-7-6-18-20(17-13-25-22(24)26-14-17)27-23(28-21(18)30)29-8-10-31-11-9-29/h1,4-5,12-14H,6-11H2,2H3,(H2,24,25,26). The van der Waals surface area contributed by atoms with E-state index in [1.807, 2.05) is 12.1 Å². The highest BCUT2D eigenvalue weighted by atomic mass is 16.5. The SMILES string of the molecule is C#Cc1ccc(N2CCc3c(-c4cnc(N)nc4)nc(N4CCOCC4)nc32)c(C)c1. The van der Waals surface area contributed by atoms with Crippen molar-refractivity contribution in [3.8, 4) is 23.6 Å². The number of fused-ring (bicyclic) bond motifs is 1. The molecule has 0 spiro atoms. The molecule has 0 amide bonds. The summed E-state index contributed by atoms with van der Waals surface area (Å²) in [4.78, 5) is 22.7. The smallest absolute Gasteiger partial charge is 0.228 e. The summed E-state index contributed by atoms with van der Waals surface area (Å²) in [5, 5.41) is 0. The van der Waals surface area contributed by atoms with Gasteiger partial charge in [0.15, 0.2) is 0 Å². The molecule has 0 aliphatic carbocycles. The van der Waals surface area contributed by atoms with Crippen molar-refractivity contribution in [2.75, 3.05) is 48.4 Å². The number of rotatable bonds is 3. The van der Waals surface area contributed by atoms with Crippen molar-refractivity contribution >= 4 is 23.4 Å². The summed E-state index contributed by atoms with van der Waals surface area (Å²) in [6.07, 6.45) is 9.86. The predicted molar refractivity (Wildman–Crippen MR) is 120 cm³/mol. The summed E-state index contributed by atoms with van der Waals surface area (Å²) in [6.45, 7) is 5.73. The van der Waals surface area contributed by atoms with Crippen LogP contribution in [0.3, 0.4) is 0 Å². The van der Waals surface area contributed by atoms with E-state index in [0.717, 1.165) is 65.5 Å². The van der Waals surface area contributed by atoms with Gasteiger partial charge in [0.05, 0.1) is 18.9 Å². The molecule has 8 nitrogen and oxygen atoms in total. The normalized spacial score (nSPS) is 15.6. The summed E-state index contributed by atoms with van der Waals surface area (Å²) < 4.78 is 5.51. The number of morpholine rings is 1. The number of hydrogen-bond acceptors (Lipinski definition) is 8. The Morgan fingerprint density at radius 1 is 1.10 bits per heavy atom. The lowest BCUT2D eigenvalue weighted by atomic mass is 10.1. The molecule has 2 aliphatic heterocycles. The minimum Gasteiger partial charge on any atom is -0.378 e. The van der Waals surface area contributed by atoms with Crippen LogP contribution in [0.15, 0.2) is 30.6 Å². The van der Waals surface area contributed by atoms with Crippen molar-refractivity contribution in [3.05, 3.63) is 47.3 Å². The second kappa shape index (κ2) is 7.85. The second-order valence-electron chi connectivity index (χ2n) is 7.65. The average molecular weight is 413 g/mol. The van der Waals surface area contributed by atoms with Crippen LogP contribution < -0.4 is 15.5 Å². The van der Waals surface area contributed by atoms with Crippen molar-refractivity contribution in [1.82, 2.24) is 19.9 Å². The number of ether oxygens (including phenoxy) is 1. The van der Waals surface area contributed by atoms with Gasteiger partial charge < -0.3 is 20.3 Å². The van der Waals surface area contributed by atoms with Crippen molar-refractivity contribution in [2.45, 2.75) is 13.3 Å². The lowest BCUT2D eigenvalue weighted by molar-refractivity contribution is 0.122. The van der Waals surface area contributed by atoms with Crippen molar-refractivity contribution in [2.24, 2.45) is 0 Å². The van der Waals surface area contributed by atoms with Crippen molar-refractivity contribution in [1.29, 1.82) is 0 Å². The van der Waals surface area contributed by atoms with Crippen molar-refractivity contribution in [3.63, 3.8) is 0 Å². The van der Waals surface area contributed by atoms with E-state index in [2.05, 4.69) is 38.7 Å². The van der Waals surface area contributed by atoms with E-state index >= 15 is 0 Å². The fourth-order valence-corrected chi connectivity index (χ4v) is 4.13. The Bertz CT molecular complexity index is 1160. The molecule has 0 atom stereocenters. The maximum Gasteiger partial charge on any atom is 0.228 e. The number of benzene rings is 1. The van der Waals surface area contributed by atoms with Gasteiger partial charge in [-0.1, -0.05) is 5.92 Å². The summed E-state index contributed by atoms with van der Waals surface area (Å²) in [7, 11) is 0. The lowest BCUT2D eigenvalue weighted by Gasteiger charge is -2.28. The molecule has 2 aromatic heterocycles. The van der Waals surface area contributed by atoms with Crippen LogP contribution in [0.25, 0.3) is 11.3 Å². The third-order valence-corrected chi connectivity index (χ3v) is 5.71. The molecule has 0 radical (unpaired) electrons. The van der Waals surface area contributed by atoms with Gasteiger partial charge in [0.1, 0.15) is 5.82 Å². The highest BCUT2D eigenvalue weighted by Gasteiger charge is 2.30. The van der Waals surface area contributed by atoms with Gasteiger partial charge in [-0.2, -0.15) is 4.98 Å². The van der Waals surface area contributed by atoms with E-state index in [4.69, 9.17) is 26.9 Å². The van der Waals surface area contributed by atoms with E-state index < -0.39 is 0 Å². The third kappa shape index (κ3) is 3.53. The molecule has 1 fully saturated rings. The molecule has 2 aliphatic rings. The molecule has 2 N–H and O–H groups in total. The first-order chi connectivity index (χ1) is 15.1. The second-order valence-corrected chi connectivity index (χ2v) is 7.65. The molecule has 0 saturated carbocycles. The first-order valence-corrected chi connectivity index (χ1v) is 10.3. The molecule has 5 rings (SSSR count). The Balaban J connectivity index is 1.64.